The van der Waals surface area contributed by atoms with E-state index in [2.05, 4.69) is 37.6 Å². The number of hydrogen-bond donors (Lipinski definition) is 7. The zero-order valence-corrected chi connectivity index (χ0v) is 51.4. The van der Waals surface area contributed by atoms with Crippen LogP contribution in [0.5, 0.6) is 5.75 Å². The van der Waals surface area contributed by atoms with Crippen LogP contribution >= 0.6 is 0 Å². The average Bonchev–Trinajstić information content (AvgIpc) is 1.56. The first-order chi connectivity index (χ1) is 40.4. The number of carbonyl (C=O) groups excluding carboxylic acids is 5. The number of aromatic amines is 1. The quantitative estimate of drug-likeness (QED) is 0.0227. The van der Waals surface area contributed by atoms with E-state index in [0.29, 0.717) is 93.9 Å². The Labute approximate surface area is 499 Å². The highest BCUT2D eigenvalue weighted by atomic mass is 16.7. The van der Waals surface area contributed by atoms with E-state index < -0.39 is 93.4 Å². The molecule has 6 heterocycles. The summed E-state index contributed by atoms with van der Waals surface area (Å²) in [4.78, 5) is 79.7. The van der Waals surface area contributed by atoms with Gasteiger partial charge >= 0.3 is 17.9 Å². The van der Waals surface area contributed by atoms with Crippen LogP contribution in [0, 0.1) is 11.3 Å². The Morgan fingerprint density at radius 3 is 2.40 bits per heavy atom. The summed E-state index contributed by atoms with van der Waals surface area (Å²) in [5, 5.41) is 54.8. The van der Waals surface area contributed by atoms with Gasteiger partial charge in [0.2, 0.25) is 5.91 Å². The summed E-state index contributed by atoms with van der Waals surface area (Å²) in [7, 11) is 4.83. The molecule has 1 spiro atoms. The number of fused-ring (bicyclic) bond motifs is 6. The van der Waals surface area contributed by atoms with E-state index >= 15 is 9.59 Å². The maximum Gasteiger partial charge on any atom is 0.328 e. The molecule has 7 N–H and O–H groups in total. The standard InChI is InChI=1S/C64H92N6O15/c1-11-41(36-71)84-51(85-59(5,6)7)37-83-50(73)22-16-21-49(72)66-39(4)53(74)82-30-18-26-65-57(76)64(79)55-62(25-29-70-27-17-24-61(13-3,54(62)70)56(64)75)44-31-45(48(80-9)32-47(44)68(55)8)63(58(77)81-10)34-40-33-60(78,12-2)38-69(35-40)28-23-43-42-19-14-15-20-46(42)67-52(43)63/h14-15,17,19-20,24,31-32,39-41,51,54-56,67,71,75,78-79H,11-13,16,18,21-23,25-30,33-38H2,1-10H3,(H,65,76)(H,66,72)/t39?,40-,41?,51?,54?,55?,56-,60?,61-,62-,63+,64+/m1/s1. The number of ether oxygens (including phenoxy) is 6. The molecule has 2 bridgehead atoms. The van der Waals surface area contributed by atoms with Crippen molar-refractivity contribution in [2.75, 3.05) is 85.3 Å². The molecule has 2 aromatic carbocycles. The van der Waals surface area contributed by atoms with E-state index in [4.69, 9.17) is 28.4 Å². The van der Waals surface area contributed by atoms with E-state index in [1.165, 1.54) is 14.0 Å². The number of anilines is 1. The molecule has 13 atom stereocenters. The molecule has 6 aliphatic rings. The molecule has 3 aromatic rings. The van der Waals surface area contributed by atoms with Crippen LogP contribution < -0.4 is 20.3 Å². The second kappa shape index (κ2) is 25.2. The molecule has 5 aliphatic heterocycles. The van der Waals surface area contributed by atoms with Crippen molar-refractivity contribution in [3.05, 3.63) is 70.9 Å². The van der Waals surface area contributed by atoms with Crippen LogP contribution in [0.3, 0.4) is 0 Å². The predicted molar refractivity (Wildman–Crippen MR) is 317 cm³/mol. The zero-order valence-electron chi connectivity index (χ0n) is 51.4. The fourth-order valence-electron chi connectivity index (χ4n) is 15.7. The number of amides is 2. The summed E-state index contributed by atoms with van der Waals surface area (Å²) in [5.74, 6) is -2.76. The number of H-pyrrole nitrogens is 1. The van der Waals surface area contributed by atoms with Crippen molar-refractivity contribution in [3.8, 4) is 5.75 Å². The smallest absolute Gasteiger partial charge is 0.328 e. The lowest BCUT2D eigenvalue weighted by molar-refractivity contribution is -0.238. The zero-order chi connectivity index (χ0) is 61.4. The normalized spacial score (nSPS) is 30.5. The Morgan fingerprint density at radius 2 is 1.71 bits per heavy atom. The minimum atomic E-state index is -2.42. The molecular weight excluding hydrogens is 1090 g/mol. The maximum absolute atomic E-state index is 15.5. The molecule has 468 valence electrons. The molecule has 1 aliphatic carbocycles. The number of nitrogens with zero attached hydrogens (tertiary/aromatic N) is 3. The summed E-state index contributed by atoms with van der Waals surface area (Å²) in [6.45, 7) is 15.3. The number of rotatable bonds is 23. The molecule has 1 saturated carbocycles. The third-order valence-electron chi connectivity index (χ3n) is 19.4. The molecule has 21 nitrogen and oxygen atoms in total. The lowest BCUT2D eigenvalue weighted by atomic mass is 9.47. The molecule has 21 heteroatoms. The minimum Gasteiger partial charge on any atom is -0.496 e. The molecule has 85 heavy (non-hydrogen) atoms. The fraction of sp³-hybridized carbons (Fsp3) is 0.672. The Kier molecular flexibility index (Phi) is 18.9. The lowest BCUT2D eigenvalue weighted by Crippen LogP contribution is -2.81. The van der Waals surface area contributed by atoms with Gasteiger partial charge < -0.3 is 69.4 Å². The first-order valence-corrected chi connectivity index (χ1v) is 30.7. The van der Waals surface area contributed by atoms with Crippen molar-refractivity contribution in [2.45, 2.75) is 183 Å². The van der Waals surface area contributed by atoms with Crippen LogP contribution in [0.15, 0.2) is 48.6 Å². The van der Waals surface area contributed by atoms with Gasteiger partial charge in [-0.25, -0.2) is 4.79 Å². The van der Waals surface area contributed by atoms with Gasteiger partial charge in [0.1, 0.15) is 29.9 Å². The van der Waals surface area contributed by atoms with Crippen molar-refractivity contribution in [1.82, 2.24) is 25.4 Å². The third kappa shape index (κ3) is 11.6. The molecule has 2 amide bonds. The van der Waals surface area contributed by atoms with Crippen molar-refractivity contribution >= 4 is 46.3 Å². The van der Waals surface area contributed by atoms with Crippen LogP contribution in [-0.2, 0) is 64.9 Å². The summed E-state index contributed by atoms with van der Waals surface area (Å²) < 4.78 is 35.0. The second-order valence-corrected chi connectivity index (χ2v) is 25.7. The molecule has 7 unspecified atom stereocenters. The molecule has 1 aromatic heterocycles. The van der Waals surface area contributed by atoms with Crippen molar-refractivity contribution in [1.29, 1.82) is 0 Å². The second-order valence-electron chi connectivity index (χ2n) is 25.7. The first-order valence-electron chi connectivity index (χ1n) is 30.7. The van der Waals surface area contributed by atoms with Crippen LogP contribution in [0.25, 0.3) is 10.9 Å². The molecule has 2 saturated heterocycles. The van der Waals surface area contributed by atoms with E-state index in [1.54, 1.807) is 7.11 Å². The highest BCUT2D eigenvalue weighted by Crippen LogP contribution is 2.67. The number of aliphatic hydroxyl groups is 4. The summed E-state index contributed by atoms with van der Waals surface area (Å²) >= 11 is 0. The van der Waals surface area contributed by atoms with Crippen LogP contribution in [0.2, 0.25) is 0 Å². The predicted octanol–water partition coefficient (Wildman–Crippen LogP) is 4.44. The fourth-order valence-corrected chi connectivity index (χ4v) is 15.7. The SMILES string of the molecule is CCC(CO)OC(COC(=O)CCCC(=O)NC(C)C(=O)OCCCNC(=O)[C@]1(O)C2N(C)c3cc(OC)c([C@@]4(C(=O)OC)C[C@@H]5CN(CCc6c4[nH]c4ccccc64)CC(O)(CC)C5)cc3[C@@]23CCN2CC=C[C@](CC)(C23)[C@H]1O)OC(C)(C)C. The van der Waals surface area contributed by atoms with E-state index in [-0.39, 0.29) is 70.4 Å². The van der Waals surface area contributed by atoms with Crippen molar-refractivity contribution < 1.29 is 72.8 Å². The van der Waals surface area contributed by atoms with Gasteiger partial charge in [-0.05, 0) is 121 Å². The van der Waals surface area contributed by atoms with E-state index in [9.17, 15) is 34.8 Å². The Bertz CT molecular complexity index is 2980. The van der Waals surface area contributed by atoms with Gasteiger partial charge in [0.25, 0.3) is 5.91 Å². The number of para-hydroxylation sites is 1. The van der Waals surface area contributed by atoms with Gasteiger partial charge in [0.05, 0.1) is 50.8 Å². The third-order valence-corrected chi connectivity index (χ3v) is 19.4. The monoisotopic (exact) mass is 1180 g/mol. The number of aromatic nitrogens is 1. The van der Waals surface area contributed by atoms with Gasteiger partial charge in [-0.1, -0.05) is 51.1 Å². The highest BCUT2D eigenvalue weighted by Gasteiger charge is 2.78. The van der Waals surface area contributed by atoms with Gasteiger partial charge in [0, 0.05) is 103 Å². The highest BCUT2D eigenvalue weighted by molar-refractivity contribution is 5.95. The van der Waals surface area contributed by atoms with Gasteiger partial charge in [-0.3, -0.25) is 29.0 Å². The topological polar surface area (TPSA) is 271 Å². The Morgan fingerprint density at radius 1 is 0.941 bits per heavy atom. The lowest BCUT2D eigenvalue weighted by Gasteiger charge is -2.63. The number of piperidine rings is 1. The number of likely N-dealkylation sites (N-methyl/N-ethyl adjacent to an activating group) is 1. The number of carbonyl (C=O) groups is 5. The van der Waals surface area contributed by atoms with Gasteiger partial charge in [-0.15, -0.1) is 0 Å². The number of esters is 3. The Balaban J connectivity index is 0.937. The van der Waals surface area contributed by atoms with Gasteiger partial charge in [-0.2, -0.15) is 0 Å². The van der Waals surface area contributed by atoms with Crippen molar-refractivity contribution in [3.63, 3.8) is 0 Å². The largest absolute Gasteiger partial charge is 0.496 e. The molecule has 3 fully saturated rings. The van der Waals surface area contributed by atoms with E-state index in [1.807, 2.05) is 89.9 Å². The summed E-state index contributed by atoms with van der Waals surface area (Å²) in [6, 6.07) is 9.63. The number of nitrogens with one attached hydrogen (secondary N) is 3. The number of hydrogen-bond acceptors (Lipinski definition) is 18. The van der Waals surface area contributed by atoms with E-state index in [0.717, 1.165) is 22.0 Å². The number of methoxy groups -OCH3 is 2. The molecule has 9 rings (SSSR count). The number of aliphatic hydroxyl groups excluding tert-OH is 2. The van der Waals surface area contributed by atoms with Crippen LogP contribution in [0.1, 0.15) is 135 Å². The Hall–Kier alpha value is -5.65. The van der Waals surface area contributed by atoms with Crippen molar-refractivity contribution in [2.24, 2.45) is 11.3 Å². The summed E-state index contributed by atoms with van der Waals surface area (Å²) in [6.07, 6.45) is 4.51. The molecular formula is C64H92N6O15. The minimum absolute atomic E-state index is 0.0348. The van der Waals surface area contributed by atoms with Crippen LogP contribution in [-0.4, -0.2) is 199 Å². The van der Waals surface area contributed by atoms with Gasteiger partial charge in [0.15, 0.2) is 11.9 Å². The maximum atomic E-state index is 15.5. The summed E-state index contributed by atoms with van der Waals surface area (Å²) in [5.41, 5.74) is -2.95. The molecule has 0 radical (unpaired) electrons. The average molecular weight is 1190 g/mol. The first kappa shape index (κ1) is 63.8. The number of benzene rings is 2. The van der Waals surface area contributed by atoms with Crippen LogP contribution in [0.4, 0.5) is 5.69 Å².